The molecule has 0 radical (unpaired) electrons. The third kappa shape index (κ3) is 8.23. The van der Waals surface area contributed by atoms with E-state index in [0.717, 1.165) is 38.8 Å². The summed E-state index contributed by atoms with van der Waals surface area (Å²) in [4.78, 5) is 82.4. The van der Waals surface area contributed by atoms with Gasteiger partial charge >= 0.3 is 29.8 Å². The molecule has 3 rings (SSSR count). The zero-order valence-corrected chi connectivity index (χ0v) is 25.2. The van der Waals surface area contributed by atoms with Gasteiger partial charge in [0.15, 0.2) is 24.0 Å². The number of fused-ring (bicyclic) bond motifs is 1. The van der Waals surface area contributed by atoms with Crippen LogP contribution in [0.1, 0.15) is 56.4 Å². The Bertz CT molecular complexity index is 1640. The van der Waals surface area contributed by atoms with Gasteiger partial charge in [0.1, 0.15) is 6.61 Å². The fraction of sp³-hybridized carbons (Fsp3) is 0.464. The van der Waals surface area contributed by atoms with Gasteiger partial charge in [0, 0.05) is 27.7 Å². The Balaban J connectivity index is 2.25. The third-order valence-electron chi connectivity index (χ3n) is 6.13. The molecule has 44 heavy (non-hydrogen) atoms. The van der Waals surface area contributed by atoms with Crippen LogP contribution in [0.2, 0.25) is 0 Å². The minimum Gasteiger partial charge on any atom is -0.462 e. The standard InChI is InChI=1S/C28H32N4O12/c1-8-39-28(38)25-30-26(44-31-25)23-27(37)32(20-10-14(3)13(2)9-19(20)29-23)11-21(41-16(5)34)24(43-18(7)36)22(42-17(6)35)12-40-15(4)33/h9-10,21-22,24H,8,11-12H2,1-7H3/t21-,22+,24-/m0/s1. The van der Waals surface area contributed by atoms with E-state index in [1.165, 1.54) is 4.57 Å². The molecule has 0 aliphatic heterocycles. The first kappa shape index (κ1) is 33.4. The molecule has 1 aromatic carbocycles. The maximum absolute atomic E-state index is 14.0. The first-order chi connectivity index (χ1) is 20.7. The number of hydrogen-bond acceptors (Lipinski definition) is 15. The summed E-state index contributed by atoms with van der Waals surface area (Å²) >= 11 is 0. The predicted octanol–water partition coefficient (Wildman–Crippen LogP) is 1.60. The van der Waals surface area contributed by atoms with E-state index in [4.69, 9.17) is 28.2 Å². The molecule has 3 atom stereocenters. The topological polar surface area (TPSA) is 205 Å². The zero-order chi connectivity index (χ0) is 32.7. The Hall–Kier alpha value is -5.15. The molecule has 0 aliphatic rings. The van der Waals surface area contributed by atoms with Crippen LogP contribution < -0.4 is 5.56 Å². The summed E-state index contributed by atoms with van der Waals surface area (Å²) in [7, 11) is 0. The van der Waals surface area contributed by atoms with Gasteiger partial charge in [-0.1, -0.05) is 0 Å². The monoisotopic (exact) mass is 616 g/mol. The van der Waals surface area contributed by atoms with Crippen LogP contribution in [0.25, 0.3) is 22.6 Å². The van der Waals surface area contributed by atoms with Crippen LogP contribution >= 0.6 is 0 Å². The fourth-order valence-electron chi connectivity index (χ4n) is 4.21. The third-order valence-corrected chi connectivity index (χ3v) is 6.13. The largest absolute Gasteiger partial charge is 0.462 e. The molecule has 16 heteroatoms. The van der Waals surface area contributed by atoms with Crippen molar-refractivity contribution in [1.82, 2.24) is 19.7 Å². The van der Waals surface area contributed by atoms with Gasteiger partial charge in [-0.05, 0) is 49.2 Å². The minimum atomic E-state index is -1.54. The second kappa shape index (κ2) is 14.3. The van der Waals surface area contributed by atoms with E-state index in [1.54, 1.807) is 19.1 Å². The normalized spacial score (nSPS) is 13.0. The molecule has 0 N–H and O–H groups in total. The number of aryl methyl sites for hydroxylation is 2. The quantitative estimate of drug-likeness (QED) is 0.209. The first-order valence-electron chi connectivity index (χ1n) is 13.4. The van der Waals surface area contributed by atoms with Gasteiger partial charge in [-0.3, -0.25) is 24.0 Å². The number of carbonyl (C=O) groups excluding carboxylic acids is 5. The molecule has 0 unspecified atom stereocenters. The van der Waals surface area contributed by atoms with Crippen LogP contribution in [0.4, 0.5) is 0 Å². The molecule has 236 valence electrons. The summed E-state index contributed by atoms with van der Waals surface area (Å²) in [5.74, 6) is -4.90. The highest BCUT2D eigenvalue weighted by atomic mass is 16.6. The maximum atomic E-state index is 14.0. The van der Waals surface area contributed by atoms with Crippen molar-refractivity contribution in [2.45, 2.75) is 73.3 Å². The predicted molar refractivity (Wildman–Crippen MR) is 148 cm³/mol. The van der Waals surface area contributed by atoms with Crippen molar-refractivity contribution in [3.63, 3.8) is 0 Å². The molecule has 0 saturated heterocycles. The Morgan fingerprint density at radius 2 is 1.45 bits per heavy atom. The number of carbonyl (C=O) groups is 5. The van der Waals surface area contributed by atoms with Gasteiger partial charge in [-0.25, -0.2) is 9.78 Å². The molecule has 0 saturated carbocycles. The summed E-state index contributed by atoms with van der Waals surface area (Å²) in [5, 5.41) is 3.57. The van der Waals surface area contributed by atoms with Crippen LogP contribution in [0, 0.1) is 13.8 Å². The summed E-state index contributed by atoms with van der Waals surface area (Å²) in [6, 6.07) is 3.37. The van der Waals surface area contributed by atoms with Gasteiger partial charge in [0.25, 0.3) is 17.3 Å². The lowest BCUT2D eigenvalue weighted by atomic mass is 10.1. The molecular weight excluding hydrogens is 584 g/mol. The Morgan fingerprint density at radius 1 is 0.841 bits per heavy atom. The van der Waals surface area contributed by atoms with Crippen molar-refractivity contribution in [2.24, 2.45) is 0 Å². The zero-order valence-electron chi connectivity index (χ0n) is 25.2. The smallest absolute Gasteiger partial charge is 0.379 e. The number of esters is 5. The SMILES string of the molecule is CCOC(=O)c1noc(-c2nc3cc(C)c(C)cc3n(C[C@H](OC(C)=O)[C@H](OC(C)=O)[C@@H](COC(C)=O)OC(C)=O)c2=O)n1. The van der Waals surface area contributed by atoms with Crippen LogP contribution in [-0.4, -0.2) is 81.1 Å². The van der Waals surface area contributed by atoms with Crippen molar-refractivity contribution in [2.75, 3.05) is 13.2 Å². The molecule has 0 aliphatic carbocycles. The molecule has 16 nitrogen and oxygen atoms in total. The van der Waals surface area contributed by atoms with Crippen LogP contribution in [0.5, 0.6) is 0 Å². The molecule has 0 bridgehead atoms. The summed E-state index contributed by atoms with van der Waals surface area (Å²) in [6.07, 6.45) is -4.43. The highest BCUT2D eigenvalue weighted by molar-refractivity contribution is 5.85. The number of benzene rings is 1. The van der Waals surface area contributed by atoms with Crippen molar-refractivity contribution in [1.29, 1.82) is 0 Å². The Morgan fingerprint density at radius 3 is 2.05 bits per heavy atom. The van der Waals surface area contributed by atoms with Gasteiger partial charge in [-0.2, -0.15) is 4.98 Å². The summed E-state index contributed by atoms with van der Waals surface area (Å²) in [5.41, 5.74) is 1.05. The molecule has 2 heterocycles. The van der Waals surface area contributed by atoms with Gasteiger partial charge in [0.2, 0.25) is 0 Å². The number of hydrogen-bond donors (Lipinski definition) is 0. The number of nitrogens with zero attached hydrogens (tertiary/aromatic N) is 4. The lowest BCUT2D eigenvalue weighted by Crippen LogP contribution is -2.50. The van der Waals surface area contributed by atoms with Crippen LogP contribution in [0.3, 0.4) is 0 Å². The number of ether oxygens (including phenoxy) is 5. The Labute approximate surface area is 250 Å². The maximum Gasteiger partial charge on any atom is 0.379 e. The molecule has 0 amide bonds. The highest BCUT2D eigenvalue weighted by Crippen LogP contribution is 2.23. The molecule has 0 fully saturated rings. The summed E-state index contributed by atoms with van der Waals surface area (Å²) in [6.45, 7) is 8.61. The van der Waals surface area contributed by atoms with Crippen LogP contribution in [-0.2, 0) is 49.4 Å². The van der Waals surface area contributed by atoms with E-state index >= 15 is 0 Å². The van der Waals surface area contributed by atoms with E-state index in [-0.39, 0.29) is 23.7 Å². The van der Waals surface area contributed by atoms with E-state index in [9.17, 15) is 28.8 Å². The van der Waals surface area contributed by atoms with Gasteiger partial charge in [0.05, 0.1) is 24.2 Å². The van der Waals surface area contributed by atoms with Crippen molar-refractivity contribution in [3.05, 3.63) is 39.4 Å². The molecule has 2 aromatic heterocycles. The van der Waals surface area contributed by atoms with Crippen molar-refractivity contribution < 1.29 is 52.2 Å². The van der Waals surface area contributed by atoms with Crippen molar-refractivity contribution >= 4 is 40.9 Å². The average molecular weight is 617 g/mol. The van der Waals surface area contributed by atoms with E-state index in [2.05, 4.69) is 15.1 Å². The van der Waals surface area contributed by atoms with Crippen LogP contribution in [0.15, 0.2) is 21.5 Å². The second-order valence-corrected chi connectivity index (χ2v) is 9.62. The summed E-state index contributed by atoms with van der Waals surface area (Å²) < 4.78 is 32.5. The number of aromatic nitrogens is 4. The fourth-order valence-corrected chi connectivity index (χ4v) is 4.21. The number of rotatable bonds is 12. The second-order valence-electron chi connectivity index (χ2n) is 9.62. The lowest BCUT2D eigenvalue weighted by Gasteiger charge is -2.32. The van der Waals surface area contributed by atoms with Crippen molar-refractivity contribution in [3.8, 4) is 11.6 Å². The van der Waals surface area contributed by atoms with E-state index < -0.39 is 72.7 Å². The molecule has 0 spiro atoms. The average Bonchev–Trinajstić information content (AvgIpc) is 3.41. The van der Waals surface area contributed by atoms with Gasteiger partial charge in [-0.15, -0.1) is 0 Å². The molecular formula is C28H32N4O12. The Kier molecular flexibility index (Phi) is 10.9. The first-order valence-corrected chi connectivity index (χ1v) is 13.4. The van der Waals surface area contributed by atoms with E-state index in [1.807, 2.05) is 13.8 Å². The van der Waals surface area contributed by atoms with E-state index in [0.29, 0.717) is 5.52 Å². The highest BCUT2D eigenvalue weighted by Gasteiger charge is 2.39. The van der Waals surface area contributed by atoms with Gasteiger partial charge < -0.3 is 32.8 Å². The lowest BCUT2D eigenvalue weighted by molar-refractivity contribution is -0.190. The molecule has 3 aromatic rings. The minimum absolute atomic E-state index is 0.0508.